The molecule has 0 spiro atoms. The van der Waals surface area contributed by atoms with Gasteiger partial charge in [0.05, 0.1) is 11.2 Å². The van der Waals surface area contributed by atoms with Crippen molar-refractivity contribution in [2.45, 2.75) is 45.4 Å². The zero-order valence-electron chi connectivity index (χ0n) is 16.5. The Kier molecular flexibility index (Phi) is 9.01. The summed E-state index contributed by atoms with van der Waals surface area (Å²) in [4.78, 5) is 11.8. The van der Waals surface area contributed by atoms with Crippen LogP contribution in [0.2, 0.25) is 0 Å². The molecule has 1 unspecified atom stereocenters. The first-order valence-electron chi connectivity index (χ1n) is 9.58. The Labute approximate surface area is 183 Å². The molecule has 27 heavy (non-hydrogen) atoms. The molecule has 3 heterocycles. The van der Waals surface area contributed by atoms with Crippen LogP contribution in [-0.4, -0.2) is 51.8 Å². The van der Waals surface area contributed by atoms with Crippen LogP contribution in [-0.2, 0) is 13.5 Å². The van der Waals surface area contributed by atoms with E-state index < -0.39 is 0 Å². The van der Waals surface area contributed by atoms with Crippen molar-refractivity contribution in [3.8, 4) is 0 Å². The Morgan fingerprint density at radius 1 is 1.41 bits per heavy atom. The summed E-state index contributed by atoms with van der Waals surface area (Å²) in [5.74, 6) is 1.62. The molecule has 2 aromatic heterocycles. The van der Waals surface area contributed by atoms with Crippen molar-refractivity contribution < 1.29 is 0 Å². The highest BCUT2D eigenvalue weighted by molar-refractivity contribution is 14.0. The molecule has 1 aliphatic heterocycles. The molecule has 8 heteroatoms. The molecule has 0 aliphatic carbocycles. The van der Waals surface area contributed by atoms with Crippen molar-refractivity contribution in [2.24, 2.45) is 12.0 Å². The van der Waals surface area contributed by atoms with Gasteiger partial charge in [-0.25, -0.2) is 4.98 Å². The van der Waals surface area contributed by atoms with Crippen molar-refractivity contribution in [1.82, 2.24) is 25.0 Å². The molecule has 6 nitrogen and oxygen atoms in total. The SMILES string of the molecule is CCNC(=NCCCCc1nc(C)cs1)N1CCC(c2cnn(C)c2)C1.I. The summed E-state index contributed by atoms with van der Waals surface area (Å²) in [6, 6.07) is 0. The summed E-state index contributed by atoms with van der Waals surface area (Å²) in [5.41, 5.74) is 2.47. The van der Waals surface area contributed by atoms with Crippen LogP contribution < -0.4 is 5.32 Å². The zero-order valence-corrected chi connectivity index (χ0v) is 19.7. The van der Waals surface area contributed by atoms with Gasteiger partial charge in [-0.3, -0.25) is 9.67 Å². The standard InChI is InChI=1S/C19H30N6S.HI/c1-4-20-19(21-9-6-5-7-18-23-15(2)14-26-18)25-10-8-16(13-25)17-11-22-24(3)12-17;/h11-12,14,16H,4-10,13H2,1-3H3,(H,20,21);1H. The Bertz CT molecular complexity index is 725. The number of aryl methyl sites for hydroxylation is 3. The summed E-state index contributed by atoms with van der Waals surface area (Å²) in [5, 5.41) is 11.1. The maximum absolute atomic E-state index is 4.86. The Morgan fingerprint density at radius 3 is 2.93 bits per heavy atom. The smallest absolute Gasteiger partial charge is 0.193 e. The molecule has 1 atom stereocenters. The molecule has 1 saturated heterocycles. The lowest BCUT2D eigenvalue weighted by atomic mass is 10.0. The minimum atomic E-state index is 0. The number of halogens is 1. The second-order valence-electron chi connectivity index (χ2n) is 6.95. The molecule has 0 bridgehead atoms. The van der Waals surface area contributed by atoms with Crippen molar-refractivity contribution in [3.05, 3.63) is 34.0 Å². The molecule has 150 valence electrons. The summed E-state index contributed by atoms with van der Waals surface area (Å²) in [6.07, 6.45) is 8.62. The van der Waals surface area contributed by atoms with Gasteiger partial charge in [0.2, 0.25) is 0 Å². The number of nitrogens with one attached hydrogen (secondary N) is 1. The maximum Gasteiger partial charge on any atom is 0.193 e. The van der Waals surface area contributed by atoms with Crippen LogP contribution in [0.5, 0.6) is 0 Å². The van der Waals surface area contributed by atoms with Gasteiger partial charge in [0.25, 0.3) is 0 Å². The number of aliphatic imine (C=N–C) groups is 1. The minimum absolute atomic E-state index is 0. The Balaban J connectivity index is 0.00000261. The highest BCUT2D eigenvalue weighted by Gasteiger charge is 2.26. The minimum Gasteiger partial charge on any atom is -0.357 e. The first kappa shape index (κ1) is 22.1. The molecular formula is C19H31IN6S. The van der Waals surface area contributed by atoms with Gasteiger partial charge in [0.15, 0.2) is 5.96 Å². The largest absolute Gasteiger partial charge is 0.357 e. The van der Waals surface area contributed by atoms with Gasteiger partial charge < -0.3 is 10.2 Å². The van der Waals surface area contributed by atoms with Crippen LogP contribution in [0, 0.1) is 6.92 Å². The van der Waals surface area contributed by atoms with E-state index in [1.165, 1.54) is 17.0 Å². The molecule has 2 aromatic rings. The number of guanidine groups is 1. The third-order valence-electron chi connectivity index (χ3n) is 4.75. The van der Waals surface area contributed by atoms with Crippen molar-refractivity contribution >= 4 is 41.3 Å². The molecule has 1 N–H and O–H groups in total. The maximum atomic E-state index is 4.86. The molecule has 0 amide bonds. The monoisotopic (exact) mass is 502 g/mol. The number of likely N-dealkylation sites (tertiary alicyclic amines) is 1. The lowest BCUT2D eigenvalue weighted by Gasteiger charge is -2.21. The van der Waals surface area contributed by atoms with Crippen LogP contribution in [0.3, 0.4) is 0 Å². The van der Waals surface area contributed by atoms with Crippen LogP contribution in [0.1, 0.15) is 48.4 Å². The molecule has 0 aromatic carbocycles. The van der Waals surface area contributed by atoms with Crippen molar-refractivity contribution in [1.29, 1.82) is 0 Å². The van der Waals surface area contributed by atoms with Gasteiger partial charge in [-0.15, -0.1) is 35.3 Å². The molecule has 0 radical (unpaired) electrons. The Morgan fingerprint density at radius 2 is 2.26 bits per heavy atom. The van der Waals surface area contributed by atoms with E-state index in [-0.39, 0.29) is 24.0 Å². The van der Waals surface area contributed by atoms with Crippen LogP contribution in [0.4, 0.5) is 0 Å². The number of nitrogens with zero attached hydrogens (tertiary/aromatic N) is 5. The second kappa shape index (κ2) is 11.0. The van der Waals surface area contributed by atoms with Gasteiger partial charge in [0.1, 0.15) is 0 Å². The van der Waals surface area contributed by atoms with Crippen molar-refractivity contribution in [2.75, 3.05) is 26.2 Å². The summed E-state index contributed by atoms with van der Waals surface area (Å²) in [6.45, 7) is 8.06. The quantitative estimate of drug-likeness (QED) is 0.272. The van der Waals surface area contributed by atoms with Gasteiger partial charge in [-0.2, -0.15) is 5.10 Å². The van der Waals surface area contributed by atoms with Gasteiger partial charge in [-0.05, 0) is 45.1 Å². The first-order chi connectivity index (χ1) is 12.7. The second-order valence-corrected chi connectivity index (χ2v) is 7.90. The van der Waals surface area contributed by atoms with E-state index in [4.69, 9.17) is 4.99 Å². The van der Waals surface area contributed by atoms with E-state index in [0.29, 0.717) is 5.92 Å². The summed E-state index contributed by atoms with van der Waals surface area (Å²) < 4.78 is 1.89. The van der Waals surface area contributed by atoms with Crippen LogP contribution in [0.15, 0.2) is 22.8 Å². The van der Waals surface area contributed by atoms with Gasteiger partial charge in [-0.1, -0.05) is 0 Å². The number of hydrogen-bond donors (Lipinski definition) is 1. The van der Waals surface area contributed by atoms with Gasteiger partial charge in [0, 0.05) is 56.4 Å². The molecule has 3 rings (SSSR count). The fraction of sp³-hybridized carbons (Fsp3) is 0.632. The fourth-order valence-corrected chi connectivity index (χ4v) is 4.21. The van der Waals surface area contributed by atoms with E-state index in [1.54, 1.807) is 11.3 Å². The van der Waals surface area contributed by atoms with Crippen LogP contribution in [0.25, 0.3) is 0 Å². The average molecular weight is 502 g/mol. The topological polar surface area (TPSA) is 58.3 Å². The molecular weight excluding hydrogens is 471 g/mol. The van der Waals surface area contributed by atoms with Gasteiger partial charge >= 0.3 is 0 Å². The number of rotatable bonds is 7. The number of hydrogen-bond acceptors (Lipinski definition) is 4. The average Bonchev–Trinajstić information content (AvgIpc) is 3.34. The third kappa shape index (κ3) is 6.44. The predicted octanol–water partition coefficient (Wildman–Crippen LogP) is 3.58. The van der Waals surface area contributed by atoms with E-state index >= 15 is 0 Å². The summed E-state index contributed by atoms with van der Waals surface area (Å²) >= 11 is 1.77. The van der Waals surface area contributed by atoms with E-state index in [2.05, 4.69) is 45.7 Å². The lowest BCUT2D eigenvalue weighted by Crippen LogP contribution is -2.40. The van der Waals surface area contributed by atoms with E-state index in [0.717, 1.165) is 57.1 Å². The number of thiazole rings is 1. The normalized spacial score (nSPS) is 17.2. The Hall–Kier alpha value is -1.16. The zero-order chi connectivity index (χ0) is 18.4. The van der Waals surface area contributed by atoms with Crippen LogP contribution >= 0.6 is 35.3 Å². The van der Waals surface area contributed by atoms with E-state index in [1.807, 2.05) is 17.9 Å². The predicted molar refractivity (Wildman–Crippen MR) is 123 cm³/mol. The van der Waals surface area contributed by atoms with E-state index in [9.17, 15) is 0 Å². The highest BCUT2D eigenvalue weighted by atomic mass is 127. The molecule has 1 fully saturated rings. The summed E-state index contributed by atoms with van der Waals surface area (Å²) in [7, 11) is 1.98. The molecule has 0 saturated carbocycles. The number of unbranched alkanes of at least 4 members (excludes halogenated alkanes) is 1. The lowest BCUT2D eigenvalue weighted by molar-refractivity contribution is 0.485. The highest BCUT2D eigenvalue weighted by Crippen LogP contribution is 2.26. The first-order valence-corrected chi connectivity index (χ1v) is 10.5. The molecule has 1 aliphatic rings. The fourth-order valence-electron chi connectivity index (χ4n) is 3.39. The van der Waals surface area contributed by atoms with Crippen molar-refractivity contribution in [3.63, 3.8) is 0 Å². The number of aromatic nitrogens is 3. The third-order valence-corrected chi connectivity index (χ3v) is 5.77.